The van der Waals surface area contributed by atoms with Gasteiger partial charge in [0.15, 0.2) is 0 Å². The molecule has 2 N–H and O–H groups in total. The minimum atomic E-state index is -4.30. The molecule has 1 aromatic carbocycles. The third-order valence-corrected chi connectivity index (χ3v) is 4.27. The topological polar surface area (TPSA) is 61.4 Å². The minimum absolute atomic E-state index is 0.0325. The van der Waals surface area contributed by atoms with Gasteiger partial charge < -0.3 is 15.5 Å². The summed E-state index contributed by atoms with van der Waals surface area (Å²) in [6.07, 6.45) is -3.96. The molecular formula is C15H17BrF3N3O2. The van der Waals surface area contributed by atoms with Crippen LogP contribution in [0.15, 0.2) is 28.7 Å². The molecule has 1 aromatic rings. The zero-order chi connectivity index (χ0) is 17.7. The molecule has 1 atom stereocenters. The van der Waals surface area contributed by atoms with Gasteiger partial charge in [-0.05, 0) is 37.1 Å². The number of nitrogens with zero attached hydrogens (tertiary/aromatic N) is 1. The molecule has 0 radical (unpaired) electrons. The molecule has 0 aromatic heterocycles. The van der Waals surface area contributed by atoms with Crippen molar-refractivity contribution in [3.05, 3.63) is 28.7 Å². The minimum Gasteiger partial charge on any atom is -0.341 e. The average Bonchev–Trinajstić information content (AvgIpc) is 2.54. The number of carbonyl (C=O) groups is 2. The second-order valence-electron chi connectivity index (χ2n) is 5.54. The highest BCUT2D eigenvalue weighted by atomic mass is 79.9. The second-order valence-corrected chi connectivity index (χ2v) is 6.45. The van der Waals surface area contributed by atoms with Crippen LogP contribution in [0.3, 0.4) is 0 Å². The number of likely N-dealkylation sites (tertiary alicyclic amines) is 1. The summed E-state index contributed by atoms with van der Waals surface area (Å²) in [5.74, 6) is -2.01. The van der Waals surface area contributed by atoms with Crippen LogP contribution in [0.4, 0.5) is 23.7 Å². The maximum absolute atomic E-state index is 12.7. The predicted octanol–water partition coefficient (Wildman–Crippen LogP) is 3.37. The summed E-state index contributed by atoms with van der Waals surface area (Å²) in [4.78, 5) is 24.9. The van der Waals surface area contributed by atoms with Gasteiger partial charge in [-0.3, -0.25) is 4.79 Å². The zero-order valence-corrected chi connectivity index (χ0v) is 14.3. The number of benzene rings is 1. The van der Waals surface area contributed by atoms with Gasteiger partial charge in [0.25, 0.3) is 0 Å². The highest BCUT2D eigenvalue weighted by molar-refractivity contribution is 9.10. The summed E-state index contributed by atoms with van der Waals surface area (Å²) in [7, 11) is 0. The summed E-state index contributed by atoms with van der Waals surface area (Å²) in [6, 6.07) is 6.24. The van der Waals surface area contributed by atoms with Gasteiger partial charge in [0, 0.05) is 23.2 Å². The third-order valence-electron chi connectivity index (χ3n) is 3.74. The Morgan fingerprint density at radius 2 is 1.92 bits per heavy atom. The van der Waals surface area contributed by atoms with Crippen molar-refractivity contribution in [2.24, 2.45) is 5.92 Å². The highest BCUT2D eigenvalue weighted by Crippen LogP contribution is 2.33. The summed E-state index contributed by atoms with van der Waals surface area (Å²) in [5, 5.41) is 4.90. The van der Waals surface area contributed by atoms with Crippen LogP contribution in [-0.2, 0) is 4.79 Å². The van der Waals surface area contributed by atoms with Crippen LogP contribution < -0.4 is 10.6 Å². The van der Waals surface area contributed by atoms with Gasteiger partial charge in [-0.2, -0.15) is 13.2 Å². The fourth-order valence-electron chi connectivity index (χ4n) is 2.45. The Balaban J connectivity index is 1.79. The van der Waals surface area contributed by atoms with Crippen molar-refractivity contribution >= 4 is 33.6 Å². The number of urea groups is 1. The molecule has 1 aliphatic rings. The van der Waals surface area contributed by atoms with E-state index in [0.717, 1.165) is 9.37 Å². The molecule has 132 valence electrons. The quantitative estimate of drug-likeness (QED) is 0.806. The first kappa shape index (κ1) is 18.6. The Morgan fingerprint density at radius 3 is 2.54 bits per heavy atom. The number of nitrogens with one attached hydrogen (secondary N) is 2. The van der Waals surface area contributed by atoms with Gasteiger partial charge in [0.1, 0.15) is 0 Å². The Hall–Kier alpha value is -1.77. The highest BCUT2D eigenvalue weighted by Gasteiger charge is 2.42. The van der Waals surface area contributed by atoms with Crippen LogP contribution >= 0.6 is 15.9 Å². The van der Waals surface area contributed by atoms with Crippen molar-refractivity contribution in [1.29, 1.82) is 0 Å². The summed E-state index contributed by atoms with van der Waals surface area (Å²) >= 11 is 3.27. The van der Waals surface area contributed by atoms with E-state index < -0.39 is 24.0 Å². The van der Waals surface area contributed by atoms with Gasteiger partial charge in [-0.15, -0.1) is 0 Å². The van der Waals surface area contributed by atoms with Gasteiger partial charge >= 0.3 is 12.2 Å². The lowest BCUT2D eigenvalue weighted by molar-refractivity contribution is -0.187. The van der Waals surface area contributed by atoms with E-state index in [9.17, 15) is 22.8 Å². The van der Waals surface area contributed by atoms with Crippen molar-refractivity contribution in [1.82, 2.24) is 10.2 Å². The largest absolute Gasteiger partial charge is 0.393 e. The lowest BCUT2D eigenvalue weighted by Crippen LogP contribution is -2.48. The number of anilines is 1. The maximum atomic E-state index is 12.7. The molecular weight excluding hydrogens is 391 g/mol. The van der Waals surface area contributed by atoms with Gasteiger partial charge in [-0.1, -0.05) is 15.9 Å². The SMILES string of the molecule is O=C(NCC(=O)N1CCCC(C(F)(F)F)C1)Nc1ccc(Br)cc1. The van der Waals surface area contributed by atoms with E-state index in [4.69, 9.17) is 0 Å². The number of piperidine rings is 1. The molecule has 1 heterocycles. The number of alkyl halides is 3. The number of amides is 3. The van der Waals surface area contributed by atoms with Gasteiger partial charge in [0.05, 0.1) is 12.5 Å². The molecule has 0 spiro atoms. The number of rotatable bonds is 3. The molecule has 1 unspecified atom stereocenters. The summed E-state index contributed by atoms with van der Waals surface area (Å²) in [5.41, 5.74) is 0.540. The van der Waals surface area contributed by atoms with Gasteiger partial charge in [-0.25, -0.2) is 4.79 Å². The number of hydrogen-bond donors (Lipinski definition) is 2. The molecule has 0 bridgehead atoms. The number of hydrogen-bond acceptors (Lipinski definition) is 2. The van der Waals surface area contributed by atoms with Crippen molar-refractivity contribution in [3.8, 4) is 0 Å². The Kier molecular flexibility index (Phi) is 6.09. The maximum Gasteiger partial charge on any atom is 0.393 e. The monoisotopic (exact) mass is 407 g/mol. The summed E-state index contributed by atoms with van der Waals surface area (Å²) in [6.45, 7) is -0.410. The molecule has 2 rings (SSSR count). The molecule has 5 nitrogen and oxygen atoms in total. The molecule has 0 saturated carbocycles. The van der Waals surface area contributed by atoms with Crippen LogP contribution in [-0.4, -0.2) is 42.6 Å². The van der Waals surface area contributed by atoms with Crippen molar-refractivity contribution in [3.63, 3.8) is 0 Å². The standard InChI is InChI=1S/C15H17BrF3N3O2/c16-11-3-5-12(6-4-11)21-14(24)20-8-13(23)22-7-1-2-10(9-22)15(17,18)19/h3-6,10H,1-2,7-9H2,(H2,20,21,24). The van der Waals surface area contributed by atoms with Crippen molar-refractivity contribution in [2.75, 3.05) is 25.0 Å². The Bertz CT molecular complexity index is 593. The molecule has 9 heteroatoms. The first-order valence-electron chi connectivity index (χ1n) is 7.40. The Morgan fingerprint density at radius 1 is 1.25 bits per heavy atom. The second kappa shape index (κ2) is 7.87. The molecule has 3 amide bonds. The van der Waals surface area contributed by atoms with E-state index in [2.05, 4.69) is 26.6 Å². The summed E-state index contributed by atoms with van der Waals surface area (Å²) < 4.78 is 39.1. The van der Waals surface area contributed by atoms with E-state index in [1.54, 1.807) is 24.3 Å². The van der Waals surface area contributed by atoms with Crippen molar-refractivity contribution < 1.29 is 22.8 Å². The number of halogens is 4. The molecule has 1 aliphatic heterocycles. The van der Waals surface area contributed by atoms with Gasteiger partial charge in [0.2, 0.25) is 5.91 Å². The normalized spacial score (nSPS) is 18.2. The smallest absolute Gasteiger partial charge is 0.341 e. The molecule has 1 saturated heterocycles. The van der Waals surface area contributed by atoms with Crippen LogP contribution in [0.25, 0.3) is 0 Å². The van der Waals surface area contributed by atoms with Crippen molar-refractivity contribution in [2.45, 2.75) is 19.0 Å². The van der Waals surface area contributed by atoms with E-state index >= 15 is 0 Å². The lowest BCUT2D eigenvalue weighted by atomic mass is 9.97. The number of carbonyl (C=O) groups excluding carboxylic acids is 2. The van der Waals surface area contributed by atoms with Crippen LogP contribution in [0.2, 0.25) is 0 Å². The molecule has 24 heavy (non-hydrogen) atoms. The van der Waals surface area contributed by atoms with Crippen LogP contribution in [0, 0.1) is 5.92 Å². The predicted molar refractivity (Wildman–Crippen MR) is 86.5 cm³/mol. The third kappa shape index (κ3) is 5.40. The fraction of sp³-hybridized carbons (Fsp3) is 0.467. The lowest BCUT2D eigenvalue weighted by Gasteiger charge is -2.33. The fourth-order valence-corrected chi connectivity index (χ4v) is 2.71. The van der Waals surface area contributed by atoms with Crippen LogP contribution in [0.1, 0.15) is 12.8 Å². The molecule has 1 fully saturated rings. The van der Waals surface area contributed by atoms with Crippen LogP contribution in [0.5, 0.6) is 0 Å². The average molecular weight is 408 g/mol. The first-order chi connectivity index (χ1) is 11.3. The zero-order valence-electron chi connectivity index (χ0n) is 12.7. The van der Waals surface area contributed by atoms with E-state index in [-0.39, 0.29) is 26.1 Å². The van der Waals surface area contributed by atoms with E-state index in [0.29, 0.717) is 12.1 Å². The first-order valence-corrected chi connectivity index (χ1v) is 8.20. The molecule has 0 aliphatic carbocycles. The van der Waals surface area contributed by atoms with E-state index in [1.165, 1.54) is 0 Å². The van der Waals surface area contributed by atoms with E-state index in [1.807, 2.05) is 0 Å². The Labute approximate surface area is 145 Å².